The average Bonchev–Trinajstić information content (AvgIpc) is 2.16. The predicted octanol–water partition coefficient (Wildman–Crippen LogP) is 1.77. The van der Waals surface area contributed by atoms with Crippen molar-refractivity contribution in [3.05, 3.63) is 33.7 Å². The van der Waals surface area contributed by atoms with Gasteiger partial charge >= 0.3 is 5.97 Å². The molecule has 0 aliphatic carbocycles. The molecule has 6 heteroatoms. The van der Waals surface area contributed by atoms with Gasteiger partial charge in [0.05, 0.1) is 5.56 Å². The maximum absolute atomic E-state index is 10.9. The van der Waals surface area contributed by atoms with Gasteiger partial charge in [0.15, 0.2) is 0 Å². The summed E-state index contributed by atoms with van der Waals surface area (Å²) in [5.41, 5.74) is -0.107. The van der Waals surface area contributed by atoms with Gasteiger partial charge in [-0.3, -0.25) is 0 Å². The van der Waals surface area contributed by atoms with Crippen LogP contribution in [0.2, 0.25) is 5.02 Å². The van der Waals surface area contributed by atoms with Crippen LogP contribution in [0.3, 0.4) is 0 Å². The third kappa shape index (κ3) is 2.01. The Morgan fingerprint density at radius 3 is 2.77 bits per heavy atom. The summed E-state index contributed by atoms with van der Waals surface area (Å²) in [7, 11) is 0. The van der Waals surface area contributed by atoms with Gasteiger partial charge in [0.1, 0.15) is 5.69 Å². The highest BCUT2D eigenvalue weighted by atomic mass is 35.5. The van der Waals surface area contributed by atoms with E-state index in [1.54, 1.807) is 0 Å². The summed E-state index contributed by atoms with van der Waals surface area (Å²) in [4.78, 5) is 25.1. The Labute approximate surface area is 78.4 Å². The van der Waals surface area contributed by atoms with E-state index in [0.29, 0.717) is 5.02 Å². The summed E-state index contributed by atoms with van der Waals surface area (Å²) in [5, 5.41) is 2.92. The molecule has 0 spiro atoms. The molecule has 0 bridgehead atoms. The summed E-state index contributed by atoms with van der Waals surface area (Å²) >= 11 is 5.56. The van der Waals surface area contributed by atoms with Gasteiger partial charge in [-0.1, -0.05) is 11.6 Å². The van der Waals surface area contributed by atoms with Gasteiger partial charge in [-0.05, 0) is 23.4 Å². The monoisotopic (exact) mass is 200 g/mol. The molecule has 5 nitrogen and oxygen atoms in total. The van der Waals surface area contributed by atoms with Crippen molar-refractivity contribution in [2.75, 3.05) is 0 Å². The molecule has 0 amide bonds. The molecule has 0 saturated heterocycles. The lowest BCUT2D eigenvalue weighted by Crippen LogP contribution is -2.10. The summed E-state index contributed by atoms with van der Waals surface area (Å²) < 4.78 is 0. The van der Waals surface area contributed by atoms with Crippen LogP contribution in [0.1, 0.15) is 10.4 Å². The maximum Gasteiger partial charge on any atom is 0.358 e. The fraction of sp³-hybridized carbons (Fsp3) is 0. The van der Waals surface area contributed by atoms with Gasteiger partial charge in [0.25, 0.3) is 0 Å². The van der Waals surface area contributed by atoms with Crippen molar-refractivity contribution in [1.29, 1.82) is 0 Å². The molecule has 1 aromatic carbocycles. The van der Waals surface area contributed by atoms with Crippen LogP contribution in [0, 0.1) is 4.91 Å². The number of nitrogens with zero attached hydrogens (tertiary/aromatic N) is 1. The van der Waals surface area contributed by atoms with Crippen LogP contribution in [0.4, 0.5) is 5.69 Å². The SMILES string of the molecule is NOC(=O)c1ccc(Cl)cc1N=O. The molecule has 0 fully saturated rings. The molecule has 0 atom stereocenters. The minimum absolute atomic E-state index is 0.0121. The van der Waals surface area contributed by atoms with Crippen molar-refractivity contribution in [2.24, 2.45) is 11.1 Å². The van der Waals surface area contributed by atoms with E-state index in [2.05, 4.69) is 15.9 Å². The number of benzene rings is 1. The molecular formula is C7H5ClN2O3. The minimum atomic E-state index is -0.828. The van der Waals surface area contributed by atoms with Gasteiger partial charge < -0.3 is 4.84 Å². The number of nitrogens with two attached hydrogens (primary N) is 1. The lowest BCUT2D eigenvalue weighted by molar-refractivity contribution is 0.0504. The standard InChI is InChI=1S/C7H5ClN2O3/c8-4-1-2-5(7(11)13-9)6(3-4)10-12/h1-3H,9H2. The van der Waals surface area contributed by atoms with Crippen molar-refractivity contribution in [2.45, 2.75) is 0 Å². The number of carbonyl (C=O) groups excluding carboxylic acids is 1. The first kappa shape index (κ1) is 9.63. The summed E-state index contributed by atoms with van der Waals surface area (Å²) in [5.74, 6) is 3.81. The second-order valence-corrected chi connectivity index (χ2v) is 2.59. The summed E-state index contributed by atoms with van der Waals surface area (Å²) in [6.45, 7) is 0. The van der Waals surface area contributed by atoms with E-state index in [1.807, 2.05) is 0 Å². The number of carbonyl (C=O) groups is 1. The van der Waals surface area contributed by atoms with Gasteiger partial charge in [-0.25, -0.2) is 4.79 Å². The van der Waals surface area contributed by atoms with Crippen molar-refractivity contribution < 1.29 is 9.63 Å². The van der Waals surface area contributed by atoms with E-state index in [1.165, 1.54) is 18.2 Å². The molecule has 0 aromatic heterocycles. The Morgan fingerprint density at radius 2 is 2.23 bits per heavy atom. The fourth-order valence-corrected chi connectivity index (χ4v) is 0.983. The van der Waals surface area contributed by atoms with Crippen LogP contribution >= 0.6 is 11.6 Å². The van der Waals surface area contributed by atoms with E-state index in [4.69, 9.17) is 11.6 Å². The number of hydrogen-bond acceptors (Lipinski definition) is 5. The Kier molecular flexibility index (Phi) is 2.94. The Bertz CT molecular complexity index is 354. The van der Waals surface area contributed by atoms with Gasteiger partial charge in [-0.15, -0.1) is 4.91 Å². The first-order valence-corrected chi connectivity index (χ1v) is 3.61. The zero-order chi connectivity index (χ0) is 9.84. The molecule has 0 saturated carbocycles. The van der Waals surface area contributed by atoms with Crippen LogP contribution in [-0.2, 0) is 4.84 Å². The lowest BCUT2D eigenvalue weighted by atomic mass is 10.2. The minimum Gasteiger partial charge on any atom is -0.370 e. The van der Waals surface area contributed by atoms with Crippen LogP contribution in [0.15, 0.2) is 23.4 Å². The summed E-state index contributed by atoms with van der Waals surface area (Å²) in [6, 6.07) is 4.00. The number of halogens is 1. The highest BCUT2D eigenvalue weighted by Crippen LogP contribution is 2.23. The quantitative estimate of drug-likeness (QED) is 0.583. The molecule has 0 aliphatic rings. The van der Waals surface area contributed by atoms with Crippen LogP contribution < -0.4 is 5.90 Å². The smallest absolute Gasteiger partial charge is 0.358 e. The average molecular weight is 201 g/mol. The molecule has 0 aliphatic heterocycles. The van der Waals surface area contributed by atoms with Crippen LogP contribution in [0.5, 0.6) is 0 Å². The topological polar surface area (TPSA) is 81.8 Å². The third-order valence-corrected chi connectivity index (χ3v) is 1.62. The van der Waals surface area contributed by atoms with Crippen molar-refractivity contribution in [1.82, 2.24) is 0 Å². The van der Waals surface area contributed by atoms with E-state index < -0.39 is 5.97 Å². The lowest BCUT2D eigenvalue weighted by Gasteiger charge is -2.00. The van der Waals surface area contributed by atoms with E-state index in [0.717, 1.165) is 0 Å². The fourth-order valence-electron chi connectivity index (χ4n) is 0.816. The molecular weight excluding hydrogens is 196 g/mol. The Balaban J connectivity index is 3.20. The van der Waals surface area contributed by atoms with Crippen LogP contribution in [-0.4, -0.2) is 5.97 Å². The van der Waals surface area contributed by atoms with Crippen molar-refractivity contribution in [3.8, 4) is 0 Å². The van der Waals surface area contributed by atoms with E-state index in [9.17, 15) is 9.70 Å². The van der Waals surface area contributed by atoms with E-state index >= 15 is 0 Å². The first-order valence-electron chi connectivity index (χ1n) is 3.23. The van der Waals surface area contributed by atoms with Gasteiger partial charge in [-0.2, -0.15) is 5.90 Å². The maximum atomic E-state index is 10.9. The molecule has 1 aromatic rings. The highest BCUT2D eigenvalue weighted by molar-refractivity contribution is 6.31. The predicted molar refractivity (Wildman–Crippen MR) is 46.5 cm³/mol. The molecule has 1 rings (SSSR count). The zero-order valence-corrected chi connectivity index (χ0v) is 7.12. The molecule has 13 heavy (non-hydrogen) atoms. The second-order valence-electron chi connectivity index (χ2n) is 2.16. The van der Waals surface area contributed by atoms with Gasteiger partial charge in [0, 0.05) is 5.02 Å². The number of hydrogen-bond donors (Lipinski definition) is 1. The second kappa shape index (κ2) is 3.97. The largest absolute Gasteiger partial charge is 0.370 e. The molecule has 2 N–H and O–H groups in total. The van der Waals surface area contributed by atoms with Crippen LogP contribution in [0.25, 0.3) is 0 Å². The Hall–Kier alpha value is -1.46. The first-order chi connectivity index (χ1) is 6.19. The Morgan fingerprint density at radius 1 is 1.54 bits per heavy atom. The highest BCUT2D eigenvalue weighted by Gasteiger charge is 2.12. The number of nitroso groups, excluding NO2 is 1. The summed E-state index contributed by atoms with van der Waals surface area (Å²) in [6.07, 6.45) is 0. The molecule has 0 heterocycles. The number of rotatable bonds is 2. The van der Waals surface area contributed by atoms with Crippen molar-refractivity contribution >= 4 is 23.3 Å². The molecule has 68 valence electrons. The molecule has 0 unspecified atom stereocenters. The normalized spacial score (nSPS) is 9.38. The van der Waals surface area contributed by atoms with Crippen molar-refractivity contribution in [3.63, 3.8) is 0 Å². The molecule has 0 radical (unpaired) electrons. The third-order valence-electron chi connectivity index (χ3n) is 1.39. The van der Waals surface area contributed by atoms with E-state index in [-0.39, 0.29) is 11.3 Å². The zero-order valence-electron chi connectivity index (χ0n) is 6.36. The van der Waals surface area contributed by atoms with Gasteiger partial charge in [0.2, 0.25) is 0 Å².